The molecule has 1 aliphatic carbocycles. The number of benzene rings is 1. The van der Waals surface area contributed by atoms with Crippen LogP contribution in [0.3, 0.4) is 0 Å². The van der Waals surface area contributed by atoms with Crippen LogP contribution in [0.4, 0.5) is 5.69 Å². The van der Waals surface area contributed by atoms with E-state index in [9.17, 15) is 10.1 Å². The molecule has 2 aliphatic rings. The maximum atomic E-state index is 12.7. The number of carbonyl (C=O) groups is 1. The zero-order chi connectivity index (χ0) is 18.1. The lowest BCUT2D eigenvalue weighted by atomic mass is 9.87. The molecular weight excluding hydrogens is 342 g/mol. The van der Waals surface area contributed by atoms with Crippen LogP contribution in [0.15, 0.2) is 35.4 Å². The van der Waals surface area contributed by atoms with E-state index >= 15 is 0 Å². The van der Waals surface area contributed by atoms with Crippen LogP contribution >= 0.6 is 11.8 Å². The van der Waals surface area contributed by atoms with Crippen molar-refractivity contribution in [2.24, 2.45) is 5.92 Å². The fraction of sp³-hybridized carbons (Fsp3) is 0.381. The van der Waals surface area contributed by atoms with Crippen molar-refractivity contribution >= 4 is 23.4 Å². The van der Waals surface area contributed by atoms with Gasteiger partial charge < -0.3 is 4.90 Å². The highest BCUT2D eigenvalue weighted by atomic mass is 32.2. The summed E-state index contributed by atoms with van der Waals surface area (Å²) in [6.07, 6.45) is 4.00. The lowest BCUT2D eigenvalue weighted by molar-refractivity contribution is -0.116. The molecule has 0 N–H and O–H groups in total. The first-order valence-corrected chi connectivity index (χ1v) is 10.1. The van der Waals surface area contributed by atoms with Crippen molar-refractivity contribution in [1.82, 2.24) is 4.98 Å². The van der Waals surface area contributed by atoms with Gasteiger partial charge in [0.1, 0.15) is 11.1 Å². The van der Waals surface area contributed by atoms with Crippen LogP contribution in [0, 0.1) is 17.2 Å². The van der Waals surface area contributed by atoms with Crippen LogP contribution in [-0.4, -0.2) is 23.2 Å². The summed E-state index contributed by atoms with van der Waals surface area (Å²) in [5, 5.41) is 10.2. The molecule has 2 heterocycles. The minimum absolute atomic E-state index is 0.0805. The average Bonchev–Trinajstić information content (AvgIpc) is 3.09. The molecule has 132 valence electrons. The standard InChI is InChI=1S/C21H21N3OS/c1-14-6-7-18-16(10-14)11-17(12-22)21(23-18)26-13-20(25)24-9-8-15-4-2-3-5-19(15)24/h2-5,11,14H,6-10,13H2,1H3. The lowest BCUT2D eigenvalue weighted by Gasteiger charge is -2.22. The summed E-state index contributed by atoms with van der Waals surface area (Å²) in [6.45, 7) is 2.98. The fourth-order valence-corrected chi connectivity index (χ4v) is 4.67. The minimum Gasteiger partial charge on any atom is -0.311 e. The Balaban J connectivity index is 1.50. The Morgan fingerprint density at radius 1 is 1.35 bits per heavy atom. The highest BCUT2D eigenvalue weighted by molar-refractivity contribution is 8.00. The van der Waals surface area contributed by atoms with Gasteiger partial charge in [-0.3, -0.25) is 4.79 Å². The smallest absolute Gasteiger partial charge is 0.237 e. The van der Waals surface area contributed by atoms with Gasteiger partial charge in [0.25, 0.3) is 0 Å². The Morgan fingerprint density at radius 3 is 3.04 bits per heavy atom. The lowest BCUT2D eigenvalue weighted by Crippen LogP contribution is -2.30. The number of thioether (sulfide) groups is 1. The third-order valence-corrected chi connectivity index (χ3v) is 6.22. The van der Waals surface area contributed by atoms with Gasteiger partial charge in [-0.05, 0) is 54.9 Å². The van der Waals surface area contributed by atoms with Crippen molar-refractivity contribution in [2.75, 3.05) is 17.2 Å². The van der Waals surface area contributed by atoms with Crippen molar-refractivity contribution in [2.45, 2.75) is 37.6 Å². The highest BCUT2D eigenvalue weighted by Crippen LogP contribution is 2.31. The number of fused-ring (bicyclic) bond motifs is 2. The molecule has 0 spiro atoms. The van der Waals surface area contributed by atoms with E-state index in [1.165, 1.54) is 22.9 Å². The second-order valence-corrected chi connectivity index (χ2v) is 8.08. The average molecular weight is 363 g/mol. The molecule has 1 amide bonds. The molecule has 26 heavy (non-hydrogen) atoms. The molecule has 4 rings (SSSR count). The Bertz CT molecular complexity index is 903. The van der Waals surface area contributed by atoms with Gasteiger partial charge in [-0.25, -0.2) is 4.98 Å². The van der Waals surface area contributed by atoms with E-state index < -0.39 is 0 Å². The predicted octanol–water partition coefficient (Wildman–Crippen LogP) is 3.76. The maximum Gasteiger partial charge on any atom is 0.237 e. The normalized spacial score (nSPS) is 18.2. The Morgan fingerprint density at radius 2 is 2.19 bits per heavy atom. The van der Waals surface area contributed by atoms with E-state index in [-0.39, 0.29) is 5.91 Å². The molecule has 1 atom stereocenters. The Hall–Kier alpha value is -2.32. The first-order valence-electron chi connectivity index (χ1n) is 9.09. The number of anilines is 1. The summed E-state index contributed by atoms with van der Waals surface area (Å²) >= 11 is 1.39. The zero-order valence-electron chi connectivity index (χ0n) is 14.9. The van der Waals surface area contributed by atoms with Gasteiger partial charge in [0, 0.05) is 17.9 Å². The molecule has 0 radical (unpaired) electrons. The number of aromatic nitrogens is 1. The molecule has 2 aromatic rings. The summed E-state index contributed by atoms with van der Waals surface area (Å²) in [5.74, 6) is 1.04. The van der Waals surface area contributed by atoms with Gasteiger partial charge in [0.15, 0.2) is 0 Å². The second kappa shape index (κ2) is 7.13. The number of carbonyl (C=O) groups excluding carboxylic acids is 1. The molecule has 0 saturated carbocycles. The minimum atomic E-state index is 0.0805. The number of pyridine rings is 1. The molecule has 0 bridgehead atoms. The van der Waals surface area contributed by atoms with E-state index in [0.717, 1.165) is 43.6 Å². The summed E-state index contributed by atoms with van der Waals surface area (Å²) < 4.78 is 0. The van der Waals surface area contributed by atoms with Gasteiger partial charge in [0.05, 0.1) is 11.3 Å². The monoisotopic (exact) mass is 363 g/mol. The number of aryl methyl sites for hydroxylation is 1. The van der Waals surface area contributed by atoms with Crippen molar-refractivity contribution in [1.29, 1.82) is 5.26 Å². The number of amides is 1. The first-order chi connectivity index (χ1) is 12.7. The topological polar surface area (TPSA) is 57.0 Å². The van der Waals surface area contributed by atoms with Crippen molar-refractivity contribution < 1.29 is 4.79 Å². The van der Waals surface area contributed by atoms with Crippen LogP contribution in [0.5, 0.6) is 0 Å². The highest BCUT2D eigenvalue weighted by Gasteiger charge is 2.25. The van der Waals surface area contributed by atoms with Crippen molar-refractivity contribution in [3.63, 3.8) is 0 Å². The molecule has 4 nitrogen and oxygen atoms in total. The molecule has 1 aliphatic heterocycles. The molecular formula is C21H21N3OS. The largest absolute Gasteiger partial charge is 0.311 e. The van der Waals surface area contributed by atoms with Crippen molar-refractivity contribution in [3.8, 4) is 6.07 Å². The van der Waals surface area contributed by atoms with Crippen LogP contribution in [0.1, 0.15) is 35.7 Å². The van der Waals surface area contributed by atoms with Crippen LogP contribution < -0.4 is 4.90 Å². The van der Waals surface area contributed by atoms with Gasteiger partial charge >= 0.3 is 0 Å². The van der Waals surface area contributed by atoms with E-state index in [1.54, 1.807) is 0 Å². The van der Waals surface area contributed by atoms with Gasteiger partial charge in [-0.15, -0.1) is 0 Å². The quantitative estimate of drug-likeness (QED) is 0.779. The summed E-state index contributed by atoms with van der Waals surface area (Å²) in [4.78, 5) is 19.3. The van der Waals surface area contributed by atoms with Gasteiger partial charge in [-0.1, -0.05) is 36.9 Å². The van der Waals surface area contributed by atoms with Gasteiger partial charge in [-0.2, -0.15) is 5.26 Å². The number of nitrogens with zero attached hydrogens (tertiary/aromatic N) is 3. The zero-order valence-corrected chi connectivity index (χ0v) is 15.7. The number of rotatable bonds is 3. The SMILES string of the molecule is CC1CCc2nc(SCC(=O)N3CCc4ccccc43)c(C#N)cc2C1. The molecule has 5 heteroatoms. The van der Waals surface area contributed by atoms with Gasteiger partial charge in [0.2, 0.25) is 5.91 Å². The second-order valence-electron chi connectivity index (χ2n) is 7.12. The van der Waals surface area contributed by atoms with Crippen LogP contribution in [-0.2, 0) is 24.1 Å². The summed E-state index contributed by atoms with van der Waals surface area (Å²) in [7, 11) is 0. The molecule has 1 aromatic heterocycles. The third-order valence-electron chi connectivity index (χ3n) is 5.24. The van der Waals surface area contributed by atoms with E-state index in [0.29, 0.717) is 22.3 Å². The van der Waals surface area contributed by atoms with E-state index in [2.05, 4.69) is 19.1 Å². The number of hydrogen-bond donors (Lipinski definition) is 0. The van der Waals surface area contributed by atoms with Crippen LogP contribution in [0.2, 0.25) is 0 Å². The van der Waals surface area contributed by atoms with E-state index in [1.807, 2.05) is 29.2 Å². The molecule has 0 fully saturated rings. The van der Waals surface area contributed by atoms with Crippen molar-refractivity contribution in [3.05, 3.63) is 52.7 Å². The number of hydrogen-bond acceptors (Lipinski definition) is 4. The predicted molar refractivity (Wildman–Crippen MR) is 103 cm³/mol. The van der Waals surface area contributed by atoms with E-state index in [4.69, 9.17) is 4.98 Å². The van der Waals surface area contributed by atoms with Crippen LogP contribution in [0.25, 0.3) is 0 Å². The molecule has 1 aromatic carbocycles. The fourth-order valence-electron chi connectivity index (χ4n) is 3.82. The summed E-state index contributed by atoms with van der Waals surface area (Å²) in [6, 6.07) is 12.3. The number of para-hydroxylation sites is 1. The summed E-state index contributed by atoms with van der Waals surface area (Å²) in [5.41, 5.74) is 5.14. The molecule has 1 unspecified atom stereocenters. The third kappa shape index (κ3) is 3.22. The first kappa shape index (κ1) is 17.1. The Labute approximate surface area is 158 Å². The molecule has 0 saturated heterocycles. The Kier molecular flexibility index (Phi) is 4.69. The number of nitriles is 1. The maximum absolute atomic E-state index is 12.7.